The maximum Gasteiger partial charge on any atom is 0.0851 e. The average molecular weight is 751 g/mol. The second-order valence-corrected chi connectivity index (χ2v) is 16.0. The second-order valence-electron chi connectivity index (χ2n) is 16.0. The first-order valence-corrected chi connectivity index (χ1v) is 20.7. The Bertz CT molecular complexity index is 2480. The summed E-state index contributed by atoms with van der Waals surface area (Å²) >= 11 is 0. The Balaban J connectivity index is 1.33. The molecule has 2 heteroatoms. The van der Waals surface area contributed by atoms with Crippen molar-refractivity contribution in [1.82, 2.24) is 4.98 Å². The molecule has 0 radical (unpaired) electrons. The molecule has 0 spiro atoms. The Hall–Kier alpha value is -6.51. The fourth-order valence-corrected chi connectivity index (χ4v) is 10.1. The van der Waals surface area contributed by atoms with E-state index < -0.39 is 10.8 Å². The van der Waals surface area contributed by atoms with Crippen LogP contribution in [0.2, 0.25) is 0 Å². The van der Waals surface area contributed by atoms with Gasteiger partial charge in [0, 0.05) is 17.0 Å². The molecule has 1 aliphatic heterocycles. The molecule has 7 aromatic rings. The first kappa shape index (κ1) is 37.1. The summed E-state index contributed by atoms with van der Waals surface area (Å²) < 4.78 is 0. The highest BCUT2D eigenvalue weighted by atomic mass is 14.8. The summed E-state index contributed by atoms with van der Waals surface area (Å²) in [5, 5.41) is 0. The van der Waals surface area contributed by atoms with Gasteiger partial charge in [0.2, 0.25) is 0 Å². The molecule has 1 aliphatic carbocycles. The highest BCUT2D eigenvalue weighted by Gasteiger charge is 2.46. The van der Waals surface area contributed by atoms with Gasteiger partial charge in [0.1, 0.15) is 0 Å². The number of nitrogens with zero attached hydrogens (tertiary/aromatic N) is 1. The Kier molecular flexibility index (Phi) is 10.1. The minimum atomic E-state index is -0.599. The van der Waals surface area contributed by atoms with Gasteiger partial charge in [-0.25, -0.2) is 0 Å². The summed E-state index contributed by atoms with van der Waals surface area (Å²) in [5.41, 5.74) is 15.4. The fraction of sp³-hybridized carbons (Fsp3) is 0.161. The number of aliphatic imine (C=N–C) groups is 1. The van der Waals surface area contributed by atoms with Crippen LogP contribution in [-0.2, 0) is 10.8 Å². The van der Waals surface area contributed by atoms with Gasteiger partial charge in [0.15, 0.2) is 0 Å². The molecule has 2 nitrogen and oxygen atoms in total. The van der Waals surface area contributed by atoms with Gasteiger partial charge in [0.25, 0.3) is 0 Å². The van der Waals surface area contributed by atoms with Crippen LogP contribution < -0.4 is 0 Å². The predicted octanol–water partition coefficient (Wildman–Crippen LogP) is 13.4. The third-order valence-corrected chi connectivity index (χ3v) is 12.5. The van der Waals surface area contributed by atoms with E-state index in [2.05, 4.69) is 226 Å². The summed E-state index contributed by atoms with van der Waals surface area (Å²) in [7, 11) is 0. The molecule has 0 fully saturated rings. The van der Waals surface area contributed by atoms with Crippen molar-refractivity contribution in [3.05, 3.63) is 267 Å². The molecule has 0 saturated heterocycles. The molecule has 0 amide bonds. The Morgan fingerprint density at radius 3 is 1.52 bits per heavy atom. The van der Waals surface area contributed by atoms with Gasteiger partial charge in [-0.3, -0.25) is 4.99 Å². The van der Waals surface area contributed by atoms with Crippen molar-refractivity contribution in [1.29, 1.82) is 0 Å². The number of rotatable bonds is 10. The number of nitrogens with one attached hydrogen (secondary N) is 1. The highest BCUT2D eigenvalue weighted by molar-refractivity contribution is 6.10. The van der Waals surface area contributed by atoms with E-state index in [1.165, 1.54) is 50.1 Å². The van der Waals surface area contributed by atoms with Crippen LogP contribution in [-0.4, -0.2) is 10.7 Å². The van der Waals surface area contributed by atoms with E-state index in [1.807, 2.05) is 0 Å². The average Bonchev–Trinajstić information content (AvgIpc) is 3.97. The molecular formula is C56H50N2. The molecular weight excluding hydrogens is 701 g/mol. The van der Waals surface area contributed by atoms with Gasteiger partial charge in [-0.05, 0) is 115 Å². The lowest BCUT2D eigenvalue weighted by Crippen LogP contribution is -2.43. The monoisotopic (exact) mass is 750 g/mol. The number of hydrogen-bond acceptors (Lipinski definition) is 1. The summed E-state index contributed by atoms with van der Waals surface area (Å²) in [6, 6.07) is 64.2. The van der Waals surface area contributed by atoms with Crippen molar-refractivity contribution in [3.63, 3.8) is 0 Å². The number of H-pyrrole nitrogens is 1. The Morgan fingerprint density at radius 2 is 1.05 bits per heavy atom. The summed E-state index contributed by atoms with van der Waals surface area (Å²) in [6.45, 7) is 6.68. The highest BCUT2D eigenvalue weighted by Crippen LogP contribution is 2.49. The van der Waals surface area contributed by atoms with Crippen molar-refractivity contribution >= 4 is 11.3 Å². The van der Waals surface area contributed by atoms with Crippen LogP contribution in [0.1, 0.15) is 80.7 Å². The SMILES string of the molecule is Cc1cc(C)c(C(=C2C=CC(C(c3ccccc3)(c3ccccc3)[C@H]3C=CCCC3)=N2)c2ccc(C(c3ccccc3)(c3ccccc3)c3ccccc3)[nH]2)c(C)c1. The first-order valence-electron chi connectivity index (χ1n) is 20.7. The second kappa shape index (κ2) is 15.8. The molecule has 0 bridgehead atoms. The van der Waals surface area contributed by atoms with Gasteiger partial charge < -0.3 is 4.98 Å². The zero-order valence-electron chi connectivity index (χ0n) is 33.7. The minimum absolute atomic E-state index is 0.250. The Labute approximate surface area is 344 Å². The fourth-order valence-electron chi connectivity index (χ4n) is 10.1. The van der Waals surface area contributed by atoms with Crippen molar-refractivity contribution in [2.24, 2.45) is 10.9 Å². The van der Waals surface area contributed by atoms with Gasteiger partial charge in [-0.1, -0.05) is 182 Å². The van der Waals surface area contributed by atoms with Gasteiger partial charge in [-0.2, -0.15) is 0 Å². The lowest BCUT2D eigenvalue weighted by Gasteiger charge is -2.42. The van der Waals surface area contributed by atoms with Gasteiger partial charge >= 0.3 is 0 Å². The lowest BCUT2D eigenvalue weighted by molar-refractivity contribution is 0.432. The molecule has 2 heterocycles. The van der Waals surface area contributed by atoms with Crippen molar-refractivity contribution in [2.45, 2.75) is 50.9 Å². The predicted molar refractivity (Wildman–Crippen MR) is 242 cm³/mol. The zero-order chi connectivity index (χ0) is 39.5. The molecule has 284 valence electrons. The van der Waals surface area contributed by atoms with E-state index in [-0.39, 0.29) is 5.92 Å². The Morgan fingerprint density at radius 1 is 0.569 bits per heavy atom. The van der Waals surface area contributed by atoms with Crippen molar-refractivity contribution in [2.75, 3.05) is 0 Å². The molecule has 1 N–H and O–H groups in total. The maximum absolute atomic E-state index is 5.82. The molecule has 6 aromatic carbocycles. The quantitative estimate of drug-likeness (QED) is 0.107. The van der Waals surface area contributed by atoms with Crippen LogP contribution in [0, 0.1) is 26.7 Å². The smallest absolute Gasteiger partial charge is 0.0851 e. The molecule has 9 rings (SSSR count). The third-order valence-electron chi connectivity index (χ3n) is 12.5. The van der Waals surface area contributed by atoms with Crippen LogP contribution in [0.5, 0.6) is 0 Å². The number of aromatic amines is 1. The number of allylic oxidation sites excluding steroid dienone is 4. The van der Waals surface area contributed by atoms with Crippen molar-refractivity contribution < 1.29 is 0 Å². The molecule has 0 saturated carbocycles. The van der Waals surface area contributed by atoms with E-state index in [9.17, 15) is 0 Å². The van der Waals surface area contributed by atoms with Crippen molar-refractivity contribution in [3.8, 4) is 0 Å². The van der Waals surface area contributed by atoms with E-state index in [0.717, 1.165) is 47.6 Å². The number of hydrogen-bond donors (Lipinski definition) is 1. The number of aryl methyl sites for hydroxylation is 3. The zero-order valence-corrected chi connectivity index (χ0v) is 33.7. The maximum atomic E-state index is 5.82. The van der Waals surface area contributed by atoms with Crippen LogP contribution >= 0.6 is 0 Å². The van der Waals surface area contributed by atoms with Crippen LogP contribution in [0.25, 0.3) is 5.57 Å². The normalized spacial score (nSPS) is 16.3. The van der Waals surface area contributed by atoms with E-state index in [0.29, 0.717) is 0 Å². The summed E-state index contributed by atoms with van der Waals surface area (Å²) in [5.74, 6) is 0.250. The van der Waals surface area contributed by atoms with E-state index >= 15 is 0 Å². The lowest BCUT2D eigenvalue weighted by atomic mass is 9.60. The largest absolute Gasteiger partial charge is 0.357 e. The summed E-state index contributed by atoms with van der Waals surface area (Å²) in [6.07, 6.45) is 12.8. The van der Waals surface area contributed by atoms with Gasteiger partial charge in [-0.15, -0.1) is 0 Å². The standard InChI is InChI=1S/C56H50N2/c1-40-38-41(2)53(42(3)39-40)54(49-34-36-51(57-49)55(43-22-10-4-11-23-43,44-24-12-5-13-25-44)45-26-14-6-15-27-45)50-35-37-52(58-50)56(46-28-16-7-17-29-46,47-30-18-8-19-31-47)48-32-20-9-21-33-48/h4-8,10-20,22-32,34-39,48,57H,9,21,33H2,1-3H3/t48-/m0/s1. The molecule has 1 aromatic heterocycles. The molecule has 2 aliphatic rings. The minimum Gasteiger partial charge on any atom is -0.357 e. The number of aromatic nitrogens is 1. The first-order chi connectivity index (χ1) is 28.5. The number of benzene rings is 6. The molecule has 0 unspecified atom stereocenters. The molecule has 1 atom stereocenters. The molecule has 58 heavy (non-hydrogen) atoms. The van der Waals surface area contributed by atoms with Crippen LogP contribution in [0.3, 0.4) is 0 Å². The topological polar surface area (TPSA) is 28.1 Å². The van der Waals surface area contributed by atoms with Crippen LogP contribution in [0.4, 0.5) is 0 Å². The van der Waals surface area contributed by atoms with Gasteiger partial charge in [0.05, 0.1) is 22.2 Å². The van der Waals surface area contributed by atoms with E-state index in [4.69, 9.17) is 4.99 Å². The van der Waals surface area contributed by atoms with Crippen LogP contribution in [0.15, 0.2) is 211 Å². The van der Waals surface area contributed by atoms with E-state index in [1.54, 1.807) is 0 Å². The summed E-state index contributed by atoms with van der Waals surface area (Å²) in [4.78, 5) is 9.93. The third kappa shape index (κ3) is 6.34.